The van der Waals surface area contributed by atoms with Crippen LogP contribution in [0.5, 0.6) is 0 Å². The first-order valence-electron chi connectivity index (χ1n) is 23.3. The number of hydrogen-bond donors (Lipinski definition) is 0. The fourth-order valence-electron chi connectivity index (χ4n) is 10.2. The Balaban J connectivity index is 1.03. The third kappa shape index (κ3) is 6.90. The molecule has 0 bridgehead atoms. The standard InChI is InChI=1S/C64H42N4O/c1-41-18-11-12-27-48(41)52-38-39-53-51-28-13-14-33-57(51)68(58-40-56(44-21-7-3-8-22-44)65-63(67-58)46-23-9-4-10-24-46)61(53)60(52)54-31-17-32-55-62(54)69-64(66-55)47-36-34-43(35-37-47)50-30-16-26-45-25-15-29-49(59(45)50)42-19-5-2-6-20-42/h2-40H,1H3. The molecule has 0 aliphatic rings. The van der Waals surface area contributed by atoms with Crippen molar-refractivity contribution < 1.29 is 4.42 Å². The molecule has 13 aromatic rings. The van der Waals surface area contributed by atoms with Gasteiger partial charge in [-0.05, 0) is 80.9 Å². The normalized spacial score (nSPS) is 11.6. The number of benzene rings is 10. The van der Waals surface area contributed by atoms with Crippen molar-refractivity contribution in [2.45, 2.75) is 6.92 Å². The molecule has 10 aromatic carbocycles. The van der Waals surface area contributed by atoms with Crippen molar-refractivity contribution in [3.8, 4) is 84.4 Å². The molecule has 0 unspecified atom stereocenters. The SMILES string of the molecule is Cc1ccccc1-c1ccc2c3ccccc3n(-c3cc(-c4ccccc4)nc(-c4ccccc4)n3)c2c1-c1cccc2nc(-c3ccc(-c4cccc5cccc(-c6ccccc6)c45)cc3)oc12. The third-order valence-electron chi connectivity index (χ3n) is 13.4. The van der Waals surface area contributed by atoms with E-state index in [1.807, 2.05) is 30.3 Å². The van der Waals surface area contributed by atoms with Crippen LogP contribution in [-0.4, -0.2) is 19.5 Å². The molecule has 0 atom stereocenters. The predicted octanol–water partition coefficient (Wildman–Crippen LogP) is 16.8. The van der Waals surface area contributed by atoms with Gasteiger partial charge in [-0.2, -0.15) is 0 Å². The van der Waals surface area contributed by atoms with Gasteiger partial charge in [-0.25, -0.2) is 15.0 Å². The molecule has 0 saturated heterocycles. The first-order valence-corrected chi connectivity index (χ1v) is 23.3. The molecule has 3 heterocycles. The van der Waals surface area contributed by atoms with E-state index in [1.54, 1.807) is 0 Å². The lowest BCUT2D eigenvalue weighted by Crippen LogP contribution is -2.03. The van der Waals surface area contributed by atoms with Gasteiger partial charge < -0.3 is 4.42 Å². The minimum atomic E-state index is 0.563. The number of hydrogen-bond acceptors (Lipinski definition) is 4. The number of fused-ring (bicyclic) bond motifs is 5. The second-order valence-electron chi connectivity index (χ2n) is 17.5. The molecule has 0 saturated carbocycles. The molecule has 0 spiro atoms. The maximum Gasteiger partial charge on any atom is 0.227 e. The van der Waals surface area contributed by atoms with Gasteiger partial charge in [-0.1, -0.05) is 206 Å². The van der Waals surface area contributed by atoms with Gasteiger partial charge in [0.1, 0.15) is 11.3 Å². The van der Waals surface area contributed by atoms with Gasteiger partial charge in [0.05, 0.1) is 16.7 Å². The molecular formula is C64H42N4O. The highest BCUT2D eigenvalue weighted by atomic mass is 16.3. The fourth-order valence-corrected chi connectivity index (χ4v) is 10.2. The molecule has 69 heavy (non-hydrogen) atoms. The second-order valence-corrected chi connectivity index (χ2v) is 17.5. The molecule has 0 fully saturated rings. The lowest BCUT2D eigenvalue weighted by atomic mass is 9.90. The van der Waals surface area contributed by atoms with Gasteiger partial charge in [0.25, 0.3) is 0 Å². The molecule has 0 aliphatic carbocycles. The zero-order valence-corrected chi connectivity index (χ0v) is 37.7. The number of oxazole rings is 1. The van der Waals surface area contributed by atoms with Gasteiger partial charge in [0.2, 0.25) is 5.89 Å². The van der Waals surface area contributed by atoms with Crippen molar-refractivity contribution in [3.05, 3.63) is 242 Å². The largest absolute Gasteiger partial charge is 0.435 e. The Kier molecular flexibility index (Phi) is 9.65. The van der Waals surface area contributed by atoms with E-state index in [1.165, 1.54) is 33.0 Å². The third-order valence-corrected chi connectivity index (χ3v) is 13.4. The van der Waals surface area contributed by atoms with Crippen molar-refractivity contribution in [2.24, 2.45) is 0 Å². The minimum Gasteiger partial charge on any atom is -0.435 e. The predicted molar refractivity (Wildman–Crippen MR) is 284 cm³/mol. The summed E-state index contributed by atoms with van der Waals surface area (Å²) < 4.78 is 9.36. The molecule has 0 aliphatic heterocycles. The van der Waals surface area contributed by atoms with Crippen LogP contribution >= 0.6 is 0 Å². The van der Waals surface area contributed by atoms with E-state index in [4.69, 9.17) is 19.4 Å². The Morgan fingerprint density at radius 1 is 0.406 bits per heavy atom. The summed E-state index contributed by atoms with van der Waals surface area (Å²) in [6, 6.07) is 83.2. The summed E-state index contributed by atoms with van der Waals surface area (Å²) in [5.41, 5.74) is 17.4. The number of para-hydroxylation sites is 2. The van der Waals surface area contributed by atoms with Gasteiger partial charge in [-0.3, -0.25) is 4.57 Å². The first kappa shape index (κ1) is 40.1. The number of aryl methyl sites for hydroxylation is 1. The molecule has 13 rings (SSSR count). The molecule has 0 amide bonds. The van der Waals surface area contributed by atoms with Crippen LogP contribution in [0.1, 0.15) is 5.56 Å². The molecule has 5 nitrogen and oxygen atoms in total. The van der Waals surface area contributed by atoms with Crippen LogP contribution < -0.4 is 0 Å². The highest BCUT2D eigenvalue weighted by Gasteiger charge is 2.25. The Morgan fingerprint density at radius 3 is 1.74 bits per heavy atom. The molecule has 0 radical (unpaired) electrons. The van der Waals surface area contributed by atoms with E-state index in [0.29, 0.717) is 11.7 Å². The maximum absolute atomic E-state index is 7.03. The Hall–Kier alpha value is -9.19. The highest BCUT2D eigenvalue weighted by molar-refractivity contribution is 6.18. The van der Waals surface area contributed by atoms with E-state index in [0.717, 1.165) is 88.9 Å². The number of rotatable bonds is 8. The molecule has 0 N–H and O–H groups in total. The van der Waals surface area contributed by atoms with Crippen LogP contribution in [0.15, 0.2) is 241 Å². The van der Waals surface area contributed by atoms with E-state index >= 15 is 0 Å². The zero-order valence-electron chi connectivity index (χ0n) is 37.7. The summed E-state index contributed by atoms with van der Waals surface area (Å²) in [5.74, 6) is 1.98. The van der Waals surface area contributed by atoms with Gasteiger partial charge in [0.15, 0.2) is 11.4 Å². The number of nitrogens with zero attached hydrogens (tertiary/aromatic N) is 4. The smallest absolute Gasteiger partial charge is 0.227 e. The molecule has 3 aromatic heterocycles. The van der Waals surface area contributed by atoms with Crippen LogP contribution in [0.2, 0.25) is 0 Å². The second kappa shape index (κ2) is 16.6. The van der Waals surface area contributed by atoms with Crippen LogP contribution in [-0.2, 0) is 0 Å². The van der Waals surface area contributed by atoms with Crippen LogP contribution in [0, 0.1) is 6.92 Å². The van der Waals surface area contributed by atoms with Gasteiger partial charge in [0, 0.05) is 44.7 Å². The van der Waals surface area contributed by atoms with E-state index < -0.39 is 0 Å². The monoisotopic (exact) mass is 882 g/mol. The summed E-state index contributed by atoms with van der Waals surface area (Å²) in [5, 5.41) is 4.67. The Bertz CT molecular complexity index is 4000. The Morgan fingerprint density at radius 2 is 1.00 bits per heavy atom. The first-order chi connectivity index (χ1) is 34.1. The fraction of sp³-hybridized carbons (Fsp3) is 0.0156. The van der Waals surface area contributed by atoms with Crippen molar-refractivity contribution in [1.82, 2.24) is 19.5 Å². The van der Waals surface area contributed by atoms with E-state index in [9.17, 15) is 0 Å². The topological polar surface area (TPSA) is 56.7 Å². The lowest BCUT2D eigenvalue weighted by molar-refractivity contribution is 0.621. The zero-order chi connectivity index (χ0) is 45.8. The minimum absolute atomic E-state index is 0.563. The lowest BCUT2D eigenvalue weighted by Gasteiger charge is -2.18. The summed E-state index contributed by atoms with van der Waals surface area (Å²) in [6.07, 6.45) is 0. The van der Waals surface area contributed by atoms with Crippen LogP contribution in [0.25, 0.3) is 128 Å². The highest BCUT2D eigenvalue weighted by Crippen LogP contribution is 2.47. The molecular weight excluding hydrogens is 841 g/mol. The Labute approximate surface area is 399 Å². The summed E-state index contributed by atoms with van der Waals surface area (Å²) >= 11 is 0. The summed E-state index contributed by atoms with van der Waals surface area (Å²) in [4.78, 5) is 15.8. The maximum atomic E-state index is 7.03. The van der Waals surface area contributed by atoms with Crippen LogP contribution in [0.4, 0.5) is 0 Å². The van der Waals surface area contributed by atoms with E-state index in [2.05, 4.69) is 218 Å². The average Bonchev–Trinajstić information content (AvgIpc) is 4.01. The molecule has 324 valence electrons. The number of aromatic nitrogens is 4. The van der Waals surface area contributed by atoms with E-state index in [-0.39, 0.29) is 0 Å². The van der Waals surface area contributed by atoms with Crippen molar-refractivity contribution in [2.75, 3.05) is 0 Å². The van der Waals surface area contributed by atoms with Gasteiger partial charge in [-0.15, -0.1) is 0 Å². The van der Waals surface area contributed by atoms with Crippen molar-refractivity contribution in [3.63, 3.8) is 0 Å². The molecule has 5 heteroatoms. The average molecular weight is 883 g/mol. The van der Waals surface area contributed by atoms with Gasteiger partial charge >= 0.3 is 0 Å². The summed E-state index contributed by atoms with van der Waals surface area (Å²) in [7, 11) is 0. The van der Waals surface area contributed by atoms with Crippen molar-refractivity contribution in [1.29, 1.82) is 0 Å². The summed E-state index contributed by atoms with van der Waals surface area (Å²) in [6.45, 7) is 2.18. The quantitative estimate of drug-likeness (QED) is 0.153. The van der Waals surface area contributed by atoms with Crippen LogP contribution in [0.3, 0.4) is 0 Å². The van der Waals surface area contributed by atoms with Crippen molar-refractivity contribution >= 4 is 43.7 Å².